The molecule has 2 heterocycles. The summed E-state index contributed by atoms with van der Waals surface area (Å²) in [6.45, 7) is 3.29. The molecule has 0 aliphatic carbocycles. The van der Waals surface area contributed by atoms with Gasteiger partial charge in [0.25, 0.3) is 0 Å². The van der Waals surface area contributed by atoms with Crippen LogP contribution in [0.4, 0.5) is 5.13 Å². The van der Waals surface area contributed by atoms with Gasteiger partial charge in [-0.3, -0.25) is 4.90 Å². The number of thioether (sulfide) groups is 1. The number of hydrogen-bond donors (Lipinski definition) is 1. The molecule has 3 rings (SSSR count). The summed E-state index contributed by atoms with van der Waals surface area (Å²) in [5.41, 5.74) is 8.54. The number of aromatic nitrogens is 2. The number of nitrogens with zero attached hydrogens (tertiary/aromatic N) is 3. The predicted octanol–water partition coefficient (Wildman–Crippen LogP) is 2.27. The summed E-state index contributed by atoms with van der Waals surface area (Å²) in [5, 5.41) is 8.40. The molecular formula is C13H16N4S2. The fourth-order valence-electron chi connectivity index (χ4n) is 2.29. The Bertz CT molecular complexity index is 555. The first-order chi connectivity index (χ1) is 9.31. The van der Waals surface area contributed by atoms with E-state index >= 15 is 0 Å². The van der Waals surface area contributed by atoms with Crippen LogP contribution >= 0.6 is 23.1 Å². The van der Waals surface area contributed by atoms with Crippen molar-refractivity contribution in [2.75, 3.05) is 24.6 Å². The Morgan fingerprint density at radius 2 is 2.11 bits per heavy atom. The molecule has 0 saturated heterocycles. The van der Waals surface area contributed by atoms with Gasteiger partial charge in [0.1, 0.15) is 0 Å². The molecule has 2 N–H and O–H groups in total. The van der Waals surface area contributed by atoms with Crippen LogP contribution in [-0.2, 0) is 13.0 Å². The van der Waals surface area contributed by atoms with Gasteiger partial charge in [0.2, 0.25) is 5.13 Å². The van der Waals surface area contributed by atoms with Crippen LogP contribution in [0.25, 0.3) is 0 Å². The van der Waals surface area contributed by atoms with E-state index in [9.17, 15) is 0 Å². The fraction of sp³-hybridized carbons (Fsp3) is 0.385. The zero-order chi connectivity index (χ0) is 13.1. The Labute approximate surface area is 121 Å². The zero-order valence-corrected chi connectivity index (χ0v) is 12.2. The average molecular weight is 292 g/mol. The first kappa shape index (κ1) is 12.9. The molecule has 1 aromatic carbocycles. The maximum absolute atomic E-state index is 5.57. The van der Waals surface area contributed by atoms with E-state index in [1.54, 1.807) is 11.8 Å². The number of fused-ring (bicyclic) bond motifs is 1. The molecule has 1 aromatic heterocycles. The number of nitrogen functional groups attached to an aromatic ring is 1. The molecule has 4 nitrogen and oxygen atoms in total. The lowest BCUT2D eigenvalue weighted by atomic mass is 10.0. The normalized spacial score (nSPS) is 15.4. The second-order valence-electron chi connectivity index (χ2n) is 4.55. The molecule has 0 atom stereocenters. The van der Waals surface area contributed by atoms with Gasteiger partial charge < -0.3 is 5.73 Å². The molecule has 19 heavy (non-hydrogen) atoms. The predicted molar refractivity (Wildman–Crippen MR) is 80.5 cm³/mol. The van der Waals surface area contributed by atoms with Crippen LogP contribution in [0.2, 0.25) is 0 Å². The van der Waals surface area contributed by atoms with Crippen LogP contribution in [0.5, 0.6) is 0 Å². The number of anilines is 1. The molecular weight excluding hydrogens is 276 g/mol. The van der Waals surface area contributed by atoms with Crippen molar-refractivity contribution >= 4 is 28.2 Å². The lowest BCUT2D eigenvalue weighted by Crippen LogP contribution is -2.32. The Hall–Kier alpha value is -1.11. The van der Waals surface area contributed by atoms with Crippen molar-refractivity contribution in [3.63, 3.8) is 0 Å². The maximum Gasteiger partial charge on any atom is 0.203 e. The van der Waals surface area contributed by atoms with E-state index in [1.807, 2.05) is 0 Å². The summed E-state index contributed by atoms with van der Waals surface area (Å²) < 4.78 is 0.968. The van der Waals surface area contributed by atoms with Crippen LogP contribution in [0.1, 0.15) is 11.1 Å². The quantitative estimate of drug-likeness (QED) is 0.876. The van der Waals surface area contributed by atoms with E-state index in [-0.39, 0.29) is 0 Å². The number of benzene rings is 1. The summed E-state index contributed by atoms with van der Waals surface area (Å²) in [6, 6.07) is 8.73. The van der Waals surface area contributed by atoms with Gasteiger partial charge in [-0.1, -0.05) is 47.4 Å². The standard InChI is InChI=1S/C13H16N4S2/c14-12-15-16-13(19-12)18-8-7-17-6-5-10-3-1-2-4-11(10)9-17/h1-4H,5-9H2,(H2,14,15). The van der Waals surface area contributed by atoms with Gasteiger partial charge in [-0.05, 0) is 17.5 Å². The molecule has 100 valence electrons. The summed E-state index contributed by atoms with van der Waals surface area (Å²) in [7, 11) is 0. The number of hydrogen-bond acceptors (Lipinski definition) is 6. The van der Waals surface area contributed by atoms with Crippen LogP contribution in [0.15, 0.2) is 28.6 Å². The highest BCUT2D eigenvalue weighted by molar-refractivity contribution is 8.01. The molecule has 0 bridgehead atoms. The van der Waals surface area contributed by atoms with E-state index in [0.717, 1.165) is 36.1 Å². The second kappa shape index (κ2) is 5.90. The summed E-state index contributed by atoms with van der Waals surface area (Å²) in [5.74, 6) is 1.04. The minimum absolute atomic E-state index is 0.550. The Morgan fingerprint density at radius 3 is 2.89 bits per heavy atom. The van der Waals surface area contributed by atoms with Crippen LogP contribution in [-0.4, -0.2) is 33.9 Å². The summed E-state index contributed by atoms with van der Waals surface area (Å²) in [6.07, 6.45) is 1.16. The molecule has 0 spiro atoms. The highest BCUT2D eigenvalue weighted by Gasteiger charge is 2.15. The van der Waals surface area contributed by atoms with Gasteiger partial charge in [-0.15, -0.1) is 10.2 Å². The Morgan fingerprint density at radius 1 is 1.26 bits per heavy atom. The molecule has 2 aromatic rings. The lowest BCUT2D eigenvalue weighted by Gasteiger charge is -2.28. The van der Waals surface area contributed by atoms with Gasteiger partial charge in [0, 0.05) is 25.4 Å². The number of nitrogens with two attached hydrogens (primary N) is 1. The van der Waals surface area contributed by atoms with Crippen molar-refractivity contribution in [2.45, 2.75) is 17.3 Å². The van der Waals surface area contributed by atoms with Crippen molar-refractivity contribution in [3.05, 3.63) is 35.4 Å². The van der Waals surface area contributed by atoms with Gasteiger partial charge in [0.05, 0.1) is 0 Å². The molecule has 6 heteroatoms. The molecule has 0 unspecified atom stereocenters. The van der Waals surface area contributed by atoms with Crippen molar-refractivity contribution in [1.82, 2.24) is 15.1 Å². The van der Waals surface area contributed by atoms with Gasteiger partial charge in [-0.2, -0.15) is 0 Å². The van der Waals surface area contributed by atoms with E-state index in [4.69, 9.17) is 5.73 Å². The van der Waals surface area contributed by atoms with Crippen molar-refractivity contribution < 1.29 is 0 Å². The molecule has 0 radical (unpaired) electrons. The first-order valence-corrected chi connectivity index (χ1v) is 8.12. The van der Waals surface area contributed by atoms with Crippen molar-refractivity contribution in [1.29, 1.82) is 0 Å². The third-order valence-electron chi connectivity index (χ3n) is 3.26. The number of rotatable bonds is 4. The summed E-state index contributed by atoms with van der Waals surface area (Å²) in [4.78, 5) is 2.50. The minimum atomic E-state index is 0.550. The van der Waals surface area contributed by atoms with Crippen molar-refractivity contribution in [3.8, 4) is 0 Å². The SMILES string of the molecule is Nc1nnc(SCCN2CCc3ccccc3C2)s1. The maximum atomic E-state index is 5.57. The van der Waals surface area contributed by atoms with Gasteiger partial charge in [0.15, 0.2) is 4.34 Å². The molecule has 1 aliphatic rings. The van der Waals surface area contributed by atoms with E-state index in [1.165, 1.54) is 22.5 Å². The summed E-state index contributed by atoms with van der Waals surface area (Å²) >= 11 is 3.20. The highest BCUT2D eigenvalue weighted by Crippen LogP contribution is 2.24. The molecule has 0 saturated carbocycles. The third-order valence-corrected chi connectivity index (χ3v) is 5.13. The van der Waals surface area contributed by atoms with Gasteiger partial charge in [-0.25, -0.2) is 0 Å². The van der Waals surface area contributed by atoms with Crippen LogP contribution in [0.3, 0.4) is 0 Å². The van der Waals surface area contributed by atoms with E-state index < -0.39 is 0 Å². The zero-order valence-electron chi connectivity index (χ0n) is 10.6. The molecule has 0 fully saturated rings. The van der Waals surface area contributed by atoms with E-state index in [0.29, 0.717) is 5.13 Å². The third kappa shape index (κ3) is 3.26. The minimum Gasteiger partial charge on any atom is -0.374 e. The second-order valence-corrected chi connectivity index (χ2v) is 6.90. The average Bonchev–Trinajstić information content (AvgIpc) is 2.84. The smallest absolute Gasteiger partial charge is 0.203 e. The Kier molecular flexibility index (Phi) is 4.00. The van der Waals surface area contributed by atoms with Crippen molar-refractivity contribution in [2.24, 2.45) is 0 Å². The molecule has 1 aliphatic heterocycles. The highest BCUT2D eigenvalue weighted by atomic mass is 32.2. The first-order valence-electron chi connectivity index (χ1n) is 6.32. The van der Waals surface area contributed by atoms with Crippen LogP contribution in [0, 0.1) is 0 Å². The molecule has 0 amide bonds. The monoisotopic (exact) mass is 292 g/mol. The largest absolute Gasteiger partial charge is 0.374 e. The topological polar surface area (TPSA) is 55.0 Å². The van der Waals surface area contributed by atoms with E-state index in [2.05, 4.69) is 39.4 Å². The Balaban J connectivity index is 1.50. The van der Waals surface area contributed by atoms with Crippen LogP contribution < -0.4 is 5.73 Å². The fourth-order valence-corrected chi connectivity index (χ4v) is 3.99. The lowest BCUT2D eigenvalue weighted by molar-refractivity contribution is 0.270. The van der Waals surface area contributed by atoms with Gasteiger partial charge >= 0.3 is 0 Å².